The molecule has 0 aliphatic heterocycles. The largest absolute Gasteiger partial charge is 0.485 e. The molecule has 0 spiro atoms. The maximum Gasteiger partial charge on any atom is 0.329 e. The van der Waals surface area contributed by atoms with Crippen LogP contribution in [0.4, 0.5) is 8.78 Å². The summed E-state index contributed by atoms with van der Waals surface area (Å²) in [4.78, 5) is 24.7. The Morgan fingerprint density at radius 2 is 1.82 bits per heavy atom. The third-order valence-corrected chi connectivity index (χ3v) is 5.40. The van der Waals surface area contributed by atoms with Gasteiger partial charge in [-0.3, -0.25) is 9.69 Å². The number of hydrogen-bond acceptors (Lipinski definition) is 6. The Kier molecular flexibility index (Phi) is 8.32. The molecule has 0 radical (unpaired) electrons. The first kappa shape index (κ1) is 24.6. The number of aliphatic hydroxyl groups is 1. The van der Waals surface area contributed by atoms with Crippen LogP contribution in [-0.4, -0.2) is 71.5 Å². The number of carboxylic acids is 1. The zero-order valence-corrected chi connectivity index (χ0v) is 18.0. The van der Waals surface area contributed by atoms with Gasteiger partial charge in [0.15, 0.2) is 11.6 Å². The van der Waals surface area contributed by atoms with Crippen LogP contribution in [0.3, 0.4) is 0 Å². The zero-order chi connectivity index (χ0) is 24.0. The minimum atomic E-state index is -1.20. The van der Waals surface area contributed by atoms with Gasteiger partial charge in [-0.25, -0.2) is 13.6 Å². The van der Waals surface area contributed by atoms with Gasteiger partial charge in [0.25, 0.3) is 0 Å². The molecule has 0 unspecified atom stereocenters. The fourth-order valence-electron chi connectivity index (χ4n) is 3.98. The first-order chi connectivity index (χ1) is 15.7. The number of likely N-dealkylation sites (N-methyl/N-ethyl adjacent to an activating group) is 1. The Balaban J connectivity index is 1.74. The van der Waals surface area contributed by atoms with Crippen molar-refractivity contribution in [2.75, 3.05) is 20.3 Å². The second kappa shape index (κ2) is 11.2. The molecule has 3 N–H and O–H groups in total. The molecule has 1 aliphatic rings. The highest BCUT2D eigenvalue weighted by atomic mass is 19.1. The summed E-state index contributed by atoms with van der Waals surface area (Å²) in [5, 5.41) is 22.4. The predicted molar refractivity (Wildman–Crippen MR) is 113 cm³/mol. The summed E-state index contributed by atoms with van der Waals surface area (Å²) in [6.45, 7) is -0.740. The standard InChI is InChI=1S/C23H26F2N2O6/c1-27(11-14-6-8-15(24)9-7-14)22-17(26-20(28)12-32-13-21(29)30)10-19(23(22)31)33-18-5-3-2-4-16(18)25/h2-9,17,19,22-23,31H,10-13H2,1H3,(H,26,28)(H,29,30)/t17-,19-,22+,23+/m1/s1. The molecule has 2 aromatic carbocycles. The van der Waals surface area contributed by atoms with Gasteiger partial charge in [0.2, 0.25) is 5.91 Å². The van der Waals surface area contributed by atoms with Crippen LogP contribution in [0.15, 0.2) is 48.5 Å². The highest BCUT2D eigenvalue weighted by molar-refractivity contribution is 5.78. The fourth-order valence-corrected chi connectivity index (χ4v) is 3.98. The summed E-state index contributed by atoms with van der Waals surface area (Å²) in [6.07, 6.45) is -1.72. The Morgan fingerprint density at radius 3 is 2.48 bits per heavy atom. The van der Waals surface area contributed by atoms with Crippen molar-refractivity contribution in [3.8, 4) is 5.75 Å². The van der Waals surface area contributed by atoms with Gasteiger partial charge >= 0.3 is 5.97 Å². The smallest absolute Gasteiger partial charge is 0.329 e. The lowest BCUT2D eigenvalue weighted by Crippen LogP contribution is -2.52. The topological polar surface area (TPSA) is 108 Å². The molecule has 0 bridgehead atoms. The predicted octanol–water partition coefficient (Wildman–Crippen LogP) is 1.56. The molecule has 1 fully saturated rings. The fraction of sp³-hybridized carbons (Fsp3) is 0.391. The van der Waals surface area contributed by atoms with Crippen molar-refractivity contribution in [2.45, 2.75) is 37.3 Å². The number of ether oxygens (including phenoxy) is 2. The molecule has 178 valence electrons. The summed E-state index contributed by atoms with van der Waals surface area (Å²) in [5.74, 6) is -2.71. The monoisotopic (exact) mass is 464 g/mol. The summed E-state index contributed by atoms with van der Waals surface area (Å²) in [6, 6.07) is 10.5. The van der Waals surface area contributed by atoms with Crippen LogP contribution in [0.2, 0.25) is 0 Å². The van der Waals surface area contributed by atoms with Gasteiger partial charge in [0, 0.05) is 13.0 Å². The van der Waals surface area contributed by atoms with E-state index in [1.165, 1.54) is 30.3 Å². The zero-order valence-electron chi connectivity index (χ0n) is 18.0. The molecule has 10 heteroatoms. The van der Waals surface area contributed by atoms with E-state index in [1.807, 2.05) is 0 Å². The number of benzene rings is 2. The molecule has 0 aromatic heterocycles. The van der Waals surface area contributed by atoms with Gasteiger partial charge in [0.05, 0.1) is 12.1 Å². The highest BCUT2D eigenvalue weighted by Gasteiger charge is 2.46. The number of rotatable bonds is 10. The normalized spacial score (nSPS) is 22.3. The molecule has 1 saturated carbocycles. The average Bonchev–Trinajstić information content (AvgIpc) is 3.05. The number of para-hydroxylation sites is 1. The number of nitrogens with zero attached hydrogens (tertiary/aromatic N) is 1. The number of aliphatic carboxylic acids is 1. The Bertz CT molecular complexity index is 958. The van der Waals surface area contributed by atoms with Gasteiger partial charge in [-0.1, -0.05) is 24.3 Å². The van der Waals surface area contributed by atoms with E-state index in [2.05, 4.69) is 5.32 Å². The molecule has 0 heterocycles. The minimum absolute atomic E-state index is 0.0155. The van der Waals surface area contributed by atoms with Crippen molar-refractivity contribution in [1.82, 2.24) is 10.2 Å². The second-order valence-electron chi connectivity index (χ2n) is 7.91. The molecule has 2 aromatic rings. The Hall–Kier alpha value is -3.08. The third-order valence-electron chi connectivity index (χ3n) is 5.40. The van der Waals surface area contributed by atoms with Crippen molar-refractivity contribution in [1.29, 1.82) is 0 Å². The Morgan fingerprint density at radius 1 is 1.12 bits per heavy atom. The number of halogens is 2. The van der Waals surface area contributed by atoms with E-state index in [-0.39, 0.29) is 18.0 Å². The molecule has 33 heavy (non-hydrogen) atoms. The van der Waals surface area contributed by atoms with Gasteiger partial charge in [-0.15, -0.1) is 0 Å². The number of aliphatic hydroxyl groups excluding tert-OH is 1. The quantitative estimate of drug-likeness (QED) is 0.490. The van der Waals surface area contributed by atoms with E-state index in [0.717, 1.165) is 5.56 Å². The van der Waals surface area contributed by atoms with Crippen LogP contribution in [-0.2, 0) is 20.9 Å². The molecule has 1 aliphatic carbocycles. The molecular formula is C23H26F2N2O6. The van der Waals surface area contributed by atoms with Crippen molar-refractivity contribution in [2.24, 2.45) is 0 Å². The lowest BCUT2D eigenvalue weighted by Gasteiger charge is -2.32. The van der Waals surface area contributed by atoms with Crippen LogP contribution in [0.5, 0.6) is 5.75 Å². The number of carbonyl (C=O) groups excluding carboxylic acids is 1. The van der Waals surface area contributed by atoms with Crippen LogP contribution in [0.25, 0.3) is 0 Å². The number of carbonyl (C=O) groups is 2. The summed E-state index contributed by atoms with van der Waals surface area (Å²) in [5.41, 5.74) is 0.791. The lowest BCUT2D eigenvalue weighted by molar-refractivity contribution is -0.143. The molecular weight excluding hydrogens is 438 g/mol. The summed E-state index contributed by atoms with van der Waals surface area (Å²) < 4.78 is 37.9. The minimum Gasteiger partial charge on any atom is -0.485 e. The molecule has 8 nitrogen and oxygen atoms in total. The first-order valence-electron chi connectivity index (χ1n) is 10.4. The van der Waals surface area contributed by atoms with Crippen LogP contribution >= 0.6 is 0 Å². The first-order valence-corrected chi connectivity index (χ1v) is 10.4. The third kappa shape index (κ3) is 6.70. The second-order valence-corrected chi connectivity index (χ2v) is 7.91. The van der Waals surface area contributed by atoms with Crippen LogP contribution < -0.4 is 10.1 Å². The number of carboxylic acid groups (broad SMARTS) is 1. The van der Waals surface area contributed by atoms with Gasteiger partial charge in [0.1, 0.15) is 31.2 Å². The van der Waals surface area contributed by atoms with Crippen LogP contribution in [0, 0.1) is 11.6 Å². The summed E-state index contributed by atoms with van der Waals surface area (Å²) >= 11 is 0. The Labute approximate surface area is 189 Å². The van der Waals surface area contributed by atoms with Gasteiger partial charge in [-0.05, 0) is 36.9 Å². The number of amides is 1. The van der Waals surface area contributed by atoms with E-state index in [0.29, 0.717) is 6.54 Å². The van der Waals surface area contributed by atoms with Crippen molar-refractivity contribution in [3.63, 3.8) is 0 Å². The lowest BCUT2D eigenvalue weighted by atomic mass is 10.1. The molecule has 3 rings (SSSR count). The summed E-state index contributed by atoms with van der Waals surface area (Å²) in [7, 11) is 1.74. The van der Waals surface area contributed by atoms with Gasteiger partial charge < -0.3 is 25.0 Å². The van der Waals surface area contributed by atoms with E-state index in [9.17, 15) is 23.5 Å². The number of hydrogen-bond donors (Lipinski definition) is 3. The van der Waals surface area contributed by atoms with Gasteiger partial charge in [-0.2, -0.15) is 0 Å². The van der Waals surface area contributed by atoms with E-state index in [4.69, 9.17) is 14.6 Å². The van der Waals surface area contributed by atoms with Crippen molar-refractivity contribution in [3.05, 3.63) is 65.7 Å². The van der Waals surface area contributed by atoms with E-state index in [1.54, 1.807) is 30.1 Å². The van der Waals surface area contributed by atoms with E-state index >= 15 is 0 Å². The van der Waals surface area contributed by atoms with Crippen LogP contribution in [0.1, 0.15) is 12.0 Å². The molecule has 4 atom stereocenters. The highest BCUT2D eigenvalue weighted by Crippen LogP contribution is 2.30. The number of nitrogens with one attached hydrogen (secondary N) is 1. The molecule has 1 amide bonds. The SMILES string of the molecule is CN(Cc1ccc(F)cc1)[C@@H]1[C@@H](O)[C@H](Oc2ccccc2F)C[C@H]1NC(=O)COCC(=O)O. The van der Waals surface area contributed by atoms with Crippen molar-refractivity contribution >= 4 is 11.9 Å². The maximum absolute atomic E-state index is 14.1. The average molecular weight is 464 g/mol. The van der Waals surface area contributed by atoms with Crippen molar-refractivity contribution < 1.29 is 38.1 Å². The maximum atomic E-state index is 14.1. The van der Waals surface area contributed by atoms with E-state index < -0.39 is 55.2 Å². The molecule has 0 saturated heterocycles.